The number of hydrogen-bond donors (Lipinski definition) is 1. The fraction of sp³-hybridized carbons (Fsp3) is 0.240. The minimum Gasteiger partial charge on any atom is -0.324 e. The van der Waals surface area contributed by atoms with Crippen molar-refractivity contribution < 1.29 is 13.2 Å². The van der Waals surface area contributed by atoms with Gasteiger partial charge in [0.1, 0.15) is 6.54 Å². The maximum atomic E-state index is 13.5. The molecule has 0 bridgehead atoms. The Morgan fingerprint density at radius 3 is 1.90 bits per heavy atom. The van der Waals surface area contributed by atoms with Crippen LogP contribution in [-0.4, -0.2) is 20.9 Å². The number of aryl methyl sites for hydroxylation is 5. The predicted octanol–water partition coefficient (Wildman–Crippen LogP) is 5.06. The molecule has 3 rings (SSSR count). The first-order chi connectivity index (χ1) is 14.6. The summed E-state index contributed by atoms with van der Waals surface area (Å²) in [6.45, 7) is 9.26. The van der Waals surface area contributed by atoms with Gasteiger partial charge in [0, 0.05) is 5.69 Å². The Kier molecular flexibility index (Phi) is 6.51. The van der Waals surface area contributed by atoms with Crippen LogP contribution < -0.4 is 9.62 Å². The van der Waals surface area contributed by atoms with Gasteiger partial charge < -0.3 is 5.32 Å². The van der Waals surface area contributed by atoms with Gasteiger partial charge in [-0.2, -0.15) is 0 Å². The van der Waals surface area contributed by atoms with Gasteiger partial charge in [0.25, 0.3) is 10.0 Å². The van der Waals surface area contributed by atoms with E-state index in [0.717, 1.165) is 27.8 Å². The Bertz CT molecular complexity index is 1220. The highest BCUT2D eigenvalue weighted by atomic mass is 32.2. The number of sulfonamides is 1. The summed E-state index contributed by atoms with van der Waals surface area (Å²) >= 11 is 0. The van der Waals surface area contributed by atoms with Crippen LogP contribution in [0, 0.1) is 34.6 Å². The molecule has 0 heterocycles. The first-order valence-corrected chi connectivity index (χ1v) is 11.6. The van der Waals surface area contributed by atoms with E-state index in [9.17, 15) is 13.2 Å². The van der Waals surface area contributed by atoms with Crippen molar-refractivity contribution in [1.29, 1.82) is 0 Å². The predicted molar refractivity (Wildman–Crippen MR) is 126 cm³/mol. The van der Waals surface area contributed by atoms with Crippen LogP contribution in [0.2, 0.25) is 0 Å². The van der Waals surface area contributed by atoms with Gasteiger partial charge in [-0.3, -0.25) is 9.10 Å². The summed E-state index contributed by atoms with van der Waals surface area (Å²) in [6, 6.07) is 17.9. The maximum absolute atomic E-state index is 13.5. The summed E-state index contributed by atoms with van der Waals surface area (Å²) in [7, 11) is -3.94. The molecule has 1 N–H and O–H groups in total. The second-order valence-corrected chi connectivity index (χ2v) is 9.84. The zero-order valence-electron chi connectivity index (χ0n) is 18.6. The molecular weight excluding hydrogens is 408 g/mol. The third-order valence-corrected chi connectivity index (χ3v) is 6.95. The van der Waals surface area contributed by atoms with E-state index in [1.165, 1.54) is 4.31 Å². The van der Waals surface area contributed by atoms with Crippen LogP contribution in [0.15, 0.2) is 65.6 Å². The highest BCUT2D eigenvalue weighted by molar-refractivity contribution is 7.92. The van der Waals surface area contributed by atoms with Crippen molar-refractivity contribution in [1.82, 2.24) is 0 Å². The van der Waals surface area contributed by atoms with Gasteiger partial charge in [-0.15, -0.1) is 0 Å². The van der Waals surface area contributed by atoms with E-state index in [2.05, 4.69) is 5.32 Å². The van der Waals surface area contributed by atoms with Gasteiger partial charge in [0.05, 0.1) is 10.6 Å². The molecule has 0 fully saturated rings. The number of amides is 1. The first kappa shape index (κ1) is 22.6. The molecule has 0 saturated carbocycles. The van der Waals surface area contributed by atoms with E-state index in [0.29, 0.717) is 11.4 Å². The molecule has 0 radical (unpaired) electrons. The fourth-order valence-electron chi connectivity index (χ4n) is 3.50. The van der Waals surface area contributed by atoms with E-state index in [1.807, 2.05) is 65.0 Å². The topological polar surface area (TPSA) is 66.5 Å². The van der Waals surface area contributed by atoms with Crippen LogP contribution in [0.5, 0.6) is 0 Å². The molecule has 31 heavy (non-hydrogen) atoms. The molecule has 0 aliphatic heterocycles. The summed E-state index contributed by atoms with van der Waals surface area (Å²) in [5, 5.41) is 2.86. The van der Waals surface area contributed by atoms with Gasteiger partial charge in [-0.25, -0.2) is 8.42 Å². The van der Waals surface area contributed by atoms with Crippen molar-refractivity contribution in [3.8, 4) is 0 Å². The van der Waals surface area contributed by atoms with Crippen molar-refractivity contribution >= 4 is 27.3 Å². The lowest BCUT2D eigenvalue weighted by molar-refractivity contribution is -0.114. The average Bonchev–Trinajstić information content (AvgIpc) is 2.69. The summed E-state index contributed by atoms with van der Waals surface area (Å²) in [5.74, 6) is -0.400. The normalized spacial score (nSPS) is 11.3. The molecule has 3 aromatic carbocycles. The van der Waals surface area contributed by atoms with E-state index in [4.69, 9.17) is 0 Å². The molecule has 0 atom stereocenters. The number of rotatable bonds is 6. The maximum Gasteiger partial charge on any atom is 0.264 e. The Hall–Kier alpha value is -3.12. The Balaban J connectivity index is 1.99. The number of hydrogen-bond acceptors (Lipinski definition) is 3. The Labute approximate surface area is 184 Å². The van der Waals surface area contributed by atoms with E-state index in [-0.39, 0.29) is 11.4 Å². The van der Waals surface area contributed by atoms with E-state index >= 15 is 0 Å². The molecule has 0 saturated heterocycles. The molecule has 0 spiro atoms. The molecule has 0 aliphatic carbocycles. The van der Waals surface area contributed by atoms with Gasteiger partial charge in [0.15, 0.2) is 0 Å². The van der Waals surface area contributed by atoms with Crippen molar-refractivity contribution in [2.75, 3.05) is 16.2 Å². The lowest BCUT2D eigenvalue weighted by Crippen LogP contribution is -2.38. The van der Waals surface area contributed by atoms with E-state index < -0.39 is 15.9 Å². The zero-order valence-corrected chi connectivity index (χ0v) is 19.4. The second-order valence-electron chi connectivity index (χ2n) is 7.98. The van der Waals surface area contributed by atoms with Crippen molar-refractivity contribution in [3.05, 3.63) is 88.5 Å². The Morgan fingerprint density at radius 2 is 1.32 bits per heavy atom. The number of carbonyl (C=O) groups excluding carboxylic acids is 1. The Morgan fingerprint density at radius 1 is 0.774 bits per heavy atom. The monoisotopic (exact) mass is 436 g/mol. The molecule has 0 aromatic heterocycles. The van der Waals surface area contributed by atoms with Crippen LogP contribution in [0.4, 0.5) is 11.4 Å². The van der Waals surface area contributed by atoms with Crippen LogP contribution in [0.25, 0.3) is 0 Å². The highest BCUT2D eigenvalue weighted by Crippen LogP contribution is 2.28. The first-order valence-electron chi connectivity index (χ1n) is 10.1. The van der Waals surface area contributed by atoms with Crippen LogP contribution in [0.3, 0.4) is 0 Å². The fourth-order valence-corrected chi connectivity index (χ4v) is 4.98. The number of nitrogens with zero attached hydrogens (tertiary/aromatic N) is 1. The zero-order chi connectivity index (χ0) is 22.8. The molecule has 162 valence electrons. The molecule has 3 aromatic rings. The summed E-state index contributed by atoms with van der Waals surface area (Å²) < 4.78 is 28.2. The lowest BCUT2D eigenvalue weighted by Gasteiger charge is -2.26. The number of carbonyl (C=O) groups is 1. The minimum atomic E-state index is -3.94. The molecule has 0 unspecified atom stereocenters. The van der Waals surface area contributed by atoms with Gasteiger partial charge in [-0.05, 0) is 70.0 Å². The minimum absolute atomic E-state index is 0.150. The second kappa shape index (κ2) is 8.94. The molecular formula is C25H28N2O3S. The smallest absolute Gasteiger partial charge is 0.264 e. The molecule has 6 heteroatoms. The quantitative estimate of drug-likeness (QED) is 0.587. The summed E-state index contributed by atoms with van der Waals surface area (Å²) in [4.78, 5) is 13.1. The largest absolute Gasteiger partial charge is 0.324 e. The van der Waals surface area contributed by atoms with Crippen molar-refractivity contribution in [3.63, 3.8) is 0 Å². The number of anilines is 2. The SMILES string of the molecule is Cc1ccc(S(=O)(=O)N(CC(=O)Nc2ccc(C)cc2C)c2ccc(C)cc2C)cc1. The number of nitrogens with one attached hydrogen (secondary N) is 1. The van der Waals surface area contributed by atoms with Gasteiger partial charge in [0.2, 0.25) is 5.91 Å². The third-order valence-electron chi connectivity index (χ3n) is 5.17. The molecule has 5 nitrogen and oxygen atoms in total. The highest BCUT2D eigenvalue weighted by Gasteiger charge is 2.28. The summed E-state index contributed by atoms with van der Waals surface area (Å²) in [5.41, 5.74) is 5.95. The van der Waals surface area contributed by atoms with Crippen LogP contribution in [0.1, 0.15) is 27.8 Å². The molecule has 0 aliphatic rings. The molecule has 1 amide bonds. The number of benzene rings is 3. The lowest BCUT2D eigenvalue weighted by atomic mass is 10.1. The van der Waals surface area contributed by atoms with Crippen LogP contribution >= 0.6 is 0 Å². The van der Waals surface area contributed by atoms with Crippen molar-refractivity contribution in [2.24, 2.45) is 0 Å². The van der Waals surface area contributed by atoms with Crippen molar-refractivity contribution in [2.45, 2.75) is 39.5 Å². The van der Waals surface area contributed by atoms with E-state index in [1.54, 1.807) is 30.3 Å². The van der Waals surface area contributed by atoms with Crippen LogP contribution in [-0.2, 0) is 14.8 Å². The van der Waals surface area contributed by atoms with Gasteiger partial charge >= 0.3 is 0 Å². The average molecular weight is 437 g/mol. The third kappa shape index (κ3) is 5.14. The van der Waals surface area contributed by atoms with Gasteiger partial charge in [-0.1, -0.05) is 53.1 Å². The summed E-state index contributed by atoms with van der Waals surface area (Å²) in [6.07, 6.45) is 0. The standard InChI is InChI=1S/C25H28N2O3S/c1-17-6-10-22(11-7-17)31(29,30)27(24-13-9-19(3)15-21(24)5)16-25(28)26-23-12-8-18(2)14-20(23)4/h6-15H,16H2,1-5H3,(H,26,28).